The fourth-order valence-corrected chi connectivity index (χ4v) is 4.33. The molecule has 0 N–H and O–H groups in total. The Kier molecular flexibility index (Phi) is 7.28. The predicted octanol–water partition coefficient (Wildman–Crippen LogP) is 3.42. The number of hydrogen-bond acceptors (Lipinski definition) is 5. The standard InChI is InChI=1S/C24H30N2O5/c1-5-26-17(3)21(16(2)22(26)24(29)30-4)20(27)15-25(14-19-12-9-13-31-19)23(28)18-10-7-6-8-11-18/h6-8,10-11,19H,5,9,12-15H2,1-4H3/t19-/m1/s1. The molecule has 0 unspecified atom stereocenters. The van der Waals surface area contributed by atoms with E-state index in [1.807, 2.05) is 19.9 Å². The van der Waals surface area contributed by atoms with Gasteiger partial charge >= 0.3 is 5.97 Å². The molecule has 1 aliphatic heterocycles. The Bertz CT molecular complexity index is 958. The van der Waals surface area contributed by atoms with Crippen molar-refractivity contribution in [1.29, 1.82) is 0 Å². The summed E-state index contributed by atoms with van der Waals surface area (Å²) in [6.07, 6.45) is 1.74. The van der Waals surface area contributed by atoms with Gasteiger partial charge in [-0.05, 0) is 51.3 Å². The first-order valence-electron chi connectivity index (χ1n) is 10.7. The quantitative estimate of drug-likeness (QED) is 0.477. The van der Waals surface area contributed by atoms with E-state index in [2.05, 4.69) is 0 Å². The van der Waals surface area contributed by atoms with E-state index in [9.17, 15) is 14.4 Å². The molecule has 1 atom stereocenters. The Hall–Kier alpha value is -2.93. The lowest BCUT2D eigenvalue weighted by molar-refractivity contribution is 0.0506. The molecule has 0 radical (unpaired) electrons. The molecule has 2 aromatic rings. The van der Waals surface area contributed by atoms with Crippen LogP contribution in [0.15, 0.2) is 30.3 Å². The molecular weight excluding hydrogens is 396 g/mol. The van der Waals surface area contributed by atoms with Crippen molar-refractivity contribution in [2.45, 2.75) is 46.3 Å². The van der Waals surface area contributed by atoms with Crippen molar-refractivity contribution in [3.8, 4) is 0 Å². The first kappa shape index (κ1) is 22.7. The molecule has 1 fully saturated rings. The Labute approximate surface area is 182 Å². The van der Waals surface area contributed by atoms with Crippen LogP contribution in [0.2, 0.25) is 0 Å². The number of methoxy groups -OCH3 is 1. The fourth-order valence-electron chi connectivity index (χ4n) is 4.33. The highest BCUT2D eigenvalue weighted by molar-refractivity contribution is 6.06. The average Bonchev–Trinajstić information content (AvgIpc) is 3.37. The van der Waals surface area contributed by atoms with E-state index in [0.29, 0.717) is 47.8 Å². The SMILES string of the molecule is CCn1c(C)c(C(=O)CN(C[C@H]2CCCO2)C(=O)c2ccccc2)c(C)c1C(=O)OC. The van der Waals surface area contributed by atoms with Crippen LogP contribution >= 0.6 is 0 Å². The molecule has 7 nitrogen and oxygen atoms in total. The first-order chi connectivity index (χ1) is 14.9. The summed E-state index contributed by atoms with van der Waals surface area (Å²) in [6, 6.07) is 8.94. The minimum atomic E-state index is -0.474. The molecule has 166 valence electrons. The number of benzene rings is 1. The van der Waals surface area contributed by atoms with Crippen LogP contribution in [0, 0.1) is 13.8 Å². The summed E-state index contributed by atoms with van der Waals surface area (Å²) in [5.41, 5.74) is 2.67. The molecule has 1 saturated heterocycles. The maximum absolute atomic E-state index is 13.4. The van der Waals surface area contributed by atoms with Gasteiger partial charge in [-0.25, -0.2) is 4.79 Å². The van der Waals surface area contributed by atoms with E-state index in [1.165, 1.54) is 7.11 Å². The van der Waals surface area contributed by atoms with Crippen LogP contribution in [0.4, 0.5) is 0 Å². The second-order valence-corrected chi connectivity index (χ2v) is 7.78. The lowest BCUT2D eigenvalue weighted by atomic mass is 10.0. The summed E-state index contributed by atoms with van der Waals surface area (Å²) in [5.74, 6) is -0.879. The van der Waals surface area contributed by atoms with Crippen LogP contribution in [-0.4, -0.2) is 60.0 Å². The van der Waals surface area contributed by atoms with Crippen molar-refractivity contribution in [3.63, 3.8) is 0 Å². The number of esters is 1. The largest absolute Gasteiger partial charge is 0.464 e. The molecule has 0 bridgehead atoms. The number of nitrogens with zero attached hydrogens (tertiary/aromatic N) is 2. The van der Waals surface area contributed by atoms with Gasteiger partial charge in [-0.2, -0.15) is 0 Å². The summed E-state index contributed by atoms with van der Waals surface area (Å²) in [5, 5.41) is 0. The average molecular weight is 427 g/mol. The van der Waals surface area contributed by atoms with Gasteiger partial charge in [-0.1, -0.05) is 18.2 Å². The smallest absolute Gasteiger partial charge is 0.354 e. The van der Waals surface area contributed by atoms with E-state index < -0.39 is 5.97 Å². The molecule has 0 saturated carbocycles. The summed E-state index contributed by atoms with van der Waals surface area (Å²) in [4.78, 5) is 40.5. The third kappa shape index (κ3) is 4.71. The van der Waals surface area contributed by atoms with Crippen molar-refractivity contribution in [3.05, 3.63) is 58.4 Å². The zero-order valence-corrected chi connectivity index (χ0v) is 18.6. The Morgan fingerprint density at radius 1 is 1.19 bits per heavy atom. The van der Waals surface area contributed by atoms with E-state index in [0.717, 1.165) is 12.8 Å². The van der Waals surface area contributed by atoms with Gasteiger partial charge in [-0.15, -0.1) is 0 Å². The number of carbonyl (C=O) groups excluding carboxylic acids is 3. The molecular formula is C24H30N2O5. The molecule has 1 aromatic heterocycles. The monoisotopic (exact) mass is 426 g/mol. The second kappa shape index (κ2) is 9.92. The topological polar surface area (TPSA) is 77.8 Å². The van der Waals surface area contributed by atoms with Gasteiger partial charge in [0.2, 0.25) is 0 Å². The third-order valence-electron chi connectivity index (χ3n) is 5.83. The fraction of sp³-hybridized carbons (Fsp3) is 0.458. The lowest BCUT2D eigenvalue weighted by Gasteiger charge is -2.25. The summed E-state index contributed by atoms with van der Waals surface area (Å²) >= 11 is 0. The maximum Gasteiger partial charge on any atom is 0.354 e. The van der Waals surface area contributed by atoms with Gasteiger partial charge in [-0.3, -0.25) is 9.59 Å². The van der Waals surface area contributed by atoms with Crippen LogP contribution in [0.1, 0.15) is 62.2 Å². The highest BCUT2D eigenvalue weighted by atomic mass is 16.5. The molecule has 0 spiro atoms. The first-order valence-corrected chi connectivity index (χ1v) is 10.7. The molecule has 1 amide bonds. The van der Waals surface area contributed by atoms with Gasteiger partial charge in [0.1, 0.15) is 5.69 Å². The Morgan fingerprint density at radius 2 is 1.90 bits per heavy atom. The van der Waals surface area contributed by atoms with Crippen molar-refractivity contribution in [2.24, 2.45) is 0 Å². The van der Waals surface area contributed by atoms with Crippen LogP contribution in [-0.2, 0) is 16.0 Å². The molecule has 31 heavy (non-hydrogen) atoms. The van der Waals surface area contributed by atoms with Crippen molar-refractivity contribution < 1.29 is 23.9 Å². The zero-order valence-electron chi connectivity index (χ0n) is 18.6. The van der Waals surface area contributed by atoms with Crippen molar-refractivity contribution in [2.75, 3.05) is 26.8 Å². The van der Waals surface area contributed by atoms with Gasteiger partial charge < -0.3 is 18.9 Å². The van der Waals surface area contributed by atoms with Crippen molar-refractivity contribution >= 4 is 17.7 Å². The molecule has 3 rings (SSSR count). The summed E-state index contributed by atoms with van der Waals surface area (Å²) in [7, 11) is 1.33. The van der Waals surface area contributed by atoms with E-state index in [4.69, 9.17) is 9.47 Å². The van der Waals surface area contributed by atoms with Crippen LogP contribution in [0.5, 0.6) is 0 Å². The van der Waals surface area contributed by atoms with Crippen LogP contribution in [0.25, 0.3) is 0 Å². The zero-order chi connectivity index (χ0) is 22.5. The number of Topliss-reactive ketones (excluding diaryl/α,β-unsaturated/α-hetero) is 1. The van der Waals surface area contributed by atoms with Gasteiger partial charge in [0.25, 0.3) is 5.91 Å². The lowest BCUT2D eigenvalue weighted by Crippen LogP contribution is -2.41. The highest BCUT2D eigenvalue weighted by Gasteiger charge is 2.30. The van der Waals surface area contributed by atoms with Crippen molar-refractivity contribution in [1.82, 2.24) is 9.47 Å². The predicted molar refractivity (Wildman–Crippen MR) is 117 cm³/mol. The number of ether oxygens (including phenoxy) is 2. The number of ketones is 1. The summed E-state index contributed by atoms with van der Waals surface area (Å²) < 4.78 is 12.4. The normalized spacial score (nSPS) is 15.7. The highest BCUT2D eigenvalue weighted by Crippen LogP contribution is 2.25. The van der Waals surface area contributed by atoms with E-state index in [-0.39, 0.29) is 24.3 Å². The second-order valence-electron chi connectivity index (χ2n) is 7.78. The molecule has 7 heteroatoms. The van der Waals surface area contributed by atoms with Crippen LogP contribution in [0.3, 0.4) is 0 Å². The van der Waals surface area contributed by atoms with Gasteiger partial charge in [0, 0.05) is 36.5 Å². The minimum Gasteiger partial charge on any atom is -0.464 e. The number of rotatable bonds is 8. The minimum absolute atomic E-state index is 0.0754. The van der Waals surface area contributed by atoms with Gasteiger partial charge in [0.05, 0.1) is 19.8 Å². The van der Waals surface area contributed by atoms with E-state index >= 15 is 0 Å². The van der Waals surface area contributed by atoms with Gasteiger partial charge in [0.15, 0.2) is 5.78 Å². The number of aromatic nitrogens is 1. The number of carbonyl (C=O) groups is 3. The Morgan fingerprint density at radius 3 is 2.48 bits per heavy atom. The third-order valence-corrected chi connectivity index (χ3v) is 5.83. The molecule has 2 heterocycles. The van der Waals surface area contributed by atoms with Crippen LogP contribution < -0.4 is 0 Å². The summed E-state index contributed by atoms with van der Waals surface area (Å²) in [6.45, 7) is 6.97. The maximum atomic E-state index is 13.4. The van der Waals surface area contributed by atoms with E-state index in [1.54, 1.807) is 40.7 Å². The molecule has 1 aromatic carbocycles. The number of hydrogen-bond donors (Lipinski definition) is 0. The molecule has 1 aliphatic rings. The molecule has 0 aliphatic carbocycles. The number of amides is 1. The Balaban J connectivity index is 1.92.